The first-order valence-electron chi connectivity index (χ1n) is 6.14. The topological polar surface area (TPSA) is 59.9 Å². The summed E-state index contributed by atoms with van der Waals surface area (Å²) < 4.78 is 32.4. The van der Waals surface area contributed by atoms with Gasteiger partial charge < -0.3 is 10.1 Å². The number of rotatable bonds is 5. The zero-order chi connectivity index (χ0) is 14.5. The van der Waals surface area contributed by atoms with Crippen LogP contribution in [0.3, 0.4) is 0 Å². The van der Waals surface area contributed by atoms with Gasteiger partial charge in [0.25, 0.3) is 0 Å². The van der Waals surface area contributed by atoms with Crippen molar-refractivity contribution in [3.8, 4) is 17.4 Å². The Hall–Kier alpha value is -2.31. The van der Waals surface area contributed by atoms with Gasteiger partial charge in [0.15, 0.2) is 5.82 Å². The van der Waals surface area contributed by atoms with E-state index in [1.54, 1.807) is 0 Å². The zero-order valence-corrected chi connectivity index (χ0v) is 11.2. The average molecular weight is 280 g/mol. The number of benzene rings is 1. The third-order valence-electron chi connectivity index (χ3n) is 2.52. The fraction of sp³-hybridized carbons (Fsp3) is 0.308. The third kappa shape index (κ3) is 2.98. The second-order valence-corrected chi connectivity index (χ2v) is 3.99. The van der Waals surface area contributed by atoms with E-state index < -0.39 is 11.6 Å². The summed E-state index contributed by atoms with van der Waals surface area (Å²) in [5, 5.41) is 2.93. The molecular weight excluding hydrogens is 266 g/mol. The summed E-state index contributed by atoms with van der Waals surface area (Å²) in [6.45, 7) is 2.61. The van der Waals surface area contributed by atoms with E-state index in [2.05, 4.69) is 20.3 Å². The van der Waals surface area contributed by atoms with Gasteiger partial charge in [-0.3, -0.25) is 0 Å². The molecule has 0 saturated heterocycles. The monoisotopic (exact) mass is 280 g/mol. The maximum Gasteiger partial charge on any atom is 0.321 e. The third-order valence-corrected chi connectivity index (χ3v) is 2.52. The summed E-state index contributed by atoms with van der Waals surface area (Å²) in [4.78, 5) is 11.9. The predicted molar refractivity (Wildman–Crippen MR) is 70.5 cm³/mol. The van der Waals surface area contributed by atoms with Crippen molar-refractivity contribution in [1.29, 1.82) is 0 Å². The Morgan fingerprint density at radius 3 is 2.45 bits per heavy atom. The molecule has 7 heteroatoms. The van der Waals surface area contributed by atoms with E-state index in [-0.39, 0.29) is 23.3 Å². The average Bonchev–Trinajstić information content (AvgIpc) is 2.44. The van der Waals surface area contributed by atoms with Crippen molar-refractivity contribution in [2.75, 3.05) is 19.0 Å². The Morgan fingerprint density at radius 2 is 1.85 bits per heavy atom. The Morgan fingerprint density at radius 1 is 1.15 bits per heavy atom. The van der Waals surface area contributed by atoms with E-state index >= 15 is 0 Å². The van der Waals surface area contributed by atoms with Crippen molar-refractivity contribution in [3.63, 3.8) is 0 Å². The molecule has 0 spiro atoms. The van der Waals surface area contributed by atoms with Crippen LogP contribution >= 0.6 is 0 Å². The first-order valence-corrected chi connectivity index (χ1v) is 6.14. The van der Waals surface area contributed by atoms with E-state index in [1.807, 2.05) is 6.92 Å². The molecule has 0 saturated carbocycles. The highest BCUT2D eigenvalue weighted by Gasteiger charge is 2.16. The van der Waals surface area contributed by atoms with Crippen molar-refractivity contribution in [1.82, 2.24) is 15.0 Å². The Bertz CT molecular complexity index is 587. The smallest absolute Gasteiger partial charge is 0.321 e. The number of nitrogens with one attached hydrogen (secondary N) is 1. The van der Waals surface area contributed by atoms with Crippen LogP contribution in [-0.4, -0.2) is 28.6 Å². The fourth-order valence-corrected chi connectivity index (χ4v) is 1.59. The van der Waals surface area contributed by atoms with Gasteiger partial charge in [0.2, 0.25) is 5.95 Å². The van der Waals surface area contributed by atoms with Crippen LogP contribution in [0.2, 0.25) is 0 Å². The Kier molecular flexibility index (Phi) is 4.39. The van der Waals surface area contributed by atoms with Gasteiger partial charge >= 0.3 is 6.01 Å². The zero-order valence-electron chi connectivity index (χ0n) is 11.2. The maximum atomic E-state index is 13.8. The first-order chi connectivity index (χ1) is 9.65. The largest absolute Gasteiger partial charge is 0.467 e. The minimum atomic E-state index is -0.736. The summed E-state index contributed by atoms with van der Waals surface area (Å²) in [6.07, 6.45) is 0.859. The van der Waals surface area contributed by atoms with E-state index in [9.17, 15) is 8.78 Å². The normalized spacial score (nSPS) is 10.4. The molecule has 1 N–H and O–H groups in total. The number of hydrogen-bond acceptors (Lipinski definition) is 5. The van der Waals surface area contributed by atoms with Gasteiger partial charge in [-0.05, 0) is 18.6 Å². The maximum absolute atomic E-state index is 13.8. The highest BCUT2D eigenvalue weighted by Crippen LogP contribution is 2.24. The molecule has 2 aromatic rings. The van der Waals surface area contributed by atoms with Crippen LogP contribution in [0, 0.1) is 11.6 Å². The van der Waals surface area contributed by atoms with E-state index in [0.29, 0.717) is 6.54 Å². The molecule has 5 nitrogen and oxygen atoms in total. The Labute approximate surface area is 115 Å². The molecule has 2 rings (SSSR count). The van der Waals surface area contributed by atoms with Crippen LogP contribution in [0.25, 0.3) is 11.4 Å². The lowest BCUT2D eigenvalue weighted by atomic mass is 10.2. The van der Waals surface area contributed by atoms with Gasteiger partial charge in [-0.25, -0.2) is 8.78 Å². The van der Waals surface area contributed by atoms with E-state index in [1.165, 1.54) is 13.2 Å². The lowest BCUT2D eigenvalue weighted by Gasteiger charge is -2.08. The minimum absolute atomic E-state index is 0.00347. The number of methoxy groups -OCH3 is 1. The number of nitrogens with zero attached hydrogens (tertiary/aromatic N) is 3. The molecule has 1 aromatic heterocycles. The molecule has 0 radical (unpaired) electrons. The molecule has 0 bridgehead atoms. The van der Waals surface area contributed by atoms with Gasteiger partial charge in [-0.15, -0.1) is 0 Å². The van der Waals surface area contributed by atoms with Crippen molar-refractivity contribution < 1.29 is 13.5 Å². The molecule has 0 amide bonds. The molecule has 0 aliphatic heterocycles. The number of hydrogen-bond donors (Lipinski definition) is 1. The predicted octanol–water partition coefficient (Wildman–Crippen LogP) is 2.65. The second kappa shape index (κ2) is 6.23. The summed E-state index contributed by atoms with van der Waals surface area (Å²) >= 11 is 0. The molecular formula is C13H14F2N4O. The van der Waals surface area contributed by atoms with Gasteiger partial charge in [0.1, 0.15) is 11.6 Å². The van der Waals surface area contributed by atoms with Gasteiger partial charge in [-0.2, -0.15) is 15.0 Å². The number of ether oxygens (including phenoxy) is 1. The fourth-order valence-electron chi connectivity index (χ4n) is 1.59. The highest BCUT2D eigenvalue weighted by molar-refractivity contribution is 5.58. The summed E-state index contributed by atoms with van der Waals surface area (Å²) in [5.41, 5.74) is -0.298. The standard InChI is InChI=1S/C13H14F2N4O/c1-3-7-16-12-17-11(18-13(19-12)20-2)10-8(14)5-4-6-9(10)15/h4-6H,3,7H2,1-2H3,(H,16,17,18,19). The first kappa shape index (κ1) is 14.1. The quantitative estimate of drug-likeness (QED) is 0.912. The lowest BCUT2D eigenvalue weighted by molar-refractivity contribution is 0.379. The molecule has 0 aliphatic rings. The molecule has 0 aliphatic carbocycles. The second-order valence-electron chi connectivity index (χ2n) is 3.99. The van der Waals surface area contributed by atoms with Crippen molar-refractivity contribution >= 4 is 5.95 Å². The minimum Gasteiger partial charge on any atom is -0.467 e. The number of aromatic nitrogens is 3. The number of halogens is 2. The van der Waals surface area contributed by atoms with Crippen LogP contribution in [-0.2, 0) is 0 Å². The van der Waals surface area contributed by atoms with Gasteiger partial charge in [0.05, 0.1) is 12.7 Å². The van der Waals surface area contributed by atoms with E-state index in [4.69, 9.17) is 4.74 Å². The van der Waals surface area contributed by atoms with Crippen LogP contribution in [0.15, 0.2) is 18.2 Å². The molecule has 0 unspecified atom stereocenters. The molecule has 0 atom stereocenters. The van der Waals surface area contributed by atoms with Crippen molar-refractivity contribution in [2.24, 2.45) is 0 Å². The molecule has 0 fully saturated rings. The van der Waals surface area contributed by atoms with Gasteiger partial charge in [0, 0.05) is 6.54 Å². The molecule has 20 heavy (non-hydrogen) atoms. The van der Waals surface area contributed by atoms with E-state index in [0.717, 1.165) is 18.6 Å². The van der Waals surface area contributed by atoms with Gasteiger partial charge in [-0.1, -0.05) is 13.0 Å². The molecule has 106 valence electrons. The number of anilines is 1. The van der Waals surface area contributed by atoms with Crippen molar-refractivity contribution in [2.45, 2.75) is 13.3 Å². The van der Waals surface area contributed by atoms with Crippen molar-refractivity contribution in [3.05, 3.63) is 29.8 Å². The molecule has 1 heterocycles. The SMILES string of the molecule is CCCNc1nc(OC)nc(-c2c(F)cccc2F)n1. The van der Waals surface area contributed by atoms with Crippen LogP contribution < -0.4 is 10.1 Å². The van der Waals surface area contributed by atoms with Crippen LogP contribution in [0.4, 0.5) is 14.7 Å². The Balaban J connectivity index is 2.50. The molecule has 1 aromatic carbocycles. The summed E-state index contributed by atoms with van der Waals surface area (Å²) in [6, 6.07) is 3.57. The van der Waals surface area contributed by atoms with Crippen LogP contribution in [0.5, 0.6) is 6.01 Å². The summed E-state index contributed by atoms with van der Waals surface area (Å²) in [7, 11) is 1.38. The summed E-state index contributed by atoms with van der Waals surface area (Å²) in [5.74, 6) is -1.36. The highest BCUT2D eigenvalue weighted by atomic mass is 19.1. The lowest BCUT2D eigenvalue weighted by Crippen LogP contribution is -2.08. The van der Waals surface area contributed by atoms with Crippen LogP contribution in [0.1, 0.15) is 13.3 Å².